The van der Waals surface area contributed by atoms with E-state index < -0.39 is 0 Å². The number of H-pyrrole nitrogens is 1. The van der Waals surface area contributed by atoms with Crippen LogP contribution in [0.1, 0.15) is 22.0 Å². The summed E-state index contributed by atoms with van der Waals surface area (Å²) in [6.45, 7) is 2.90. The maximum atomic E-state index is 4.75. The molecule has 3 aromatic rings. The van der Waals surface area contributed by atoms with Crippen molar-refractivity contribution in [3.05, 3.63) is 46.5 Å². The summed E-state index contributed by atoms with van der Waals surface area (Å²) in [5.41, 5.74) is 5.35. The van der Waals surface area contributed by atoms with E-state index in [4.69, 9.17) is 4.98 Å². The van der Waals surface area contributed by atoms with Crippen molar-refractivity contribution >= 4 is 27.3 Å². The standard InChI is InChI=1S/C14H12N4S/c1-8-3-2-4-10-11(8)18-14(19-10)13-12-9(5-6-15-13)16-7-17-12/h2-4,7H,5-6H2,1H3,(H,16,17). The number of nitrogens with one attached hydrogen (secondary N) is 1. The Morgan fingerprint density at radius 2 is 2.26 bits per heavy atom. The van der Waals surface area contributed by atoms with Crippen molar-refractivity contribution in [2.75, 3.05) is 6.54 Å². The first-order chi connectivity index (χ1) is 9.33. The Bertz CT molecular complexity index is 797. The van der Waals surface area contributed by atoms with E-state index in [-0.39, 0.29) is 0 Å². The first kappa shape index (κ1) is 10.9. The largest absolute Gasteiger partial charge is 0.348 e. The van der Waals surface area contributed by atoms with Crippen molar-refractivity contribution in [3.63, 3.8) is 0 Å². The van der Waals surface area contributed by atoms with Crippen molar-refractivity contribution in [3.8, 4) is 0 Å². The molecule has 19 heavy (non-hydrogen) atoms. The third-order valence-electron chi connectivity index (χ3n) is 3.40. The summed E-state index contributed by atoms with van der Waals surface area (Å²) in [7, 11) is 0. The van der Waals surface area contributed by atoms with Crippen LogP contribution in [0.5, 0.6) is 0 Å². The number of hydrogen-bond acceptors (Lipinski definition) is 4. The molecule has 0 spiro atoms. The summed E-state index contributed by atoms with van der Waals surface area (Å²) in [5.74, 6) is 0. The molecule has 1 aliphatic heterocycles. The Labute approximate surface area is 114 Å². The summed E-state index contributed by atoms with van der Waals surface area (Å²) in [5, 5.41) is 0.970. The Morgan fingerprint density at radius 3 is 3.16 bits per heavy atom. The lowest BCUT2D eigenvalue weighted by molar-refractivity contribution is 0.911. The molecule has 0 saturated carbocycles. The van der Waals surface area contributed by atoms with Gasteiger partial charge in [-0.1, -0.05) is 12.1 Å². The summed E-state index contributed by atoms with van der Waals surface area (Å²) in [6.07, 6.45) is 2.67. The van der Waals surface area contributed by atoms with Gasteiger partial charge in [-0.05, 0) is 18.6 Å². The fraction of sp³-hybridized carbons (Fsp3) is 0.214. The number of fused-ring (bicyclic) bond motifs is 2. The molecule has 2 aromatic heterocycles. The molecule has 0 bridgehead atoms. The van der Waals surface area contributed by atoms with Gasteiger partial charge in [-0.2, -0.15) is 0 Å². The minimum Gasteiger partial charge on any atom is -0.348 e. The third kappa shape index (κ3) is 1.62. The van der Waals surface area contributed by atoms with Crippen LogP contribution in [0.3, 0.4) is 0 Å². The van der Waals surface area contributed by atoms with Gasteiger partial charge in [0.2, 0.25) is 0 Å². The van der Waals surface area contributed by atoms with E-state index in [1.807, 2.05) is 0 Å². The molecule has 0 aliphatic carbocycles. The van der Waals surface area contributed by atoms with E-state index in [0.717, 1.165) is 34.9 Å². The highest BCUT2D eigenvalue weighted by atomic mass is 32.1. The van der Waals surface area contributed by atoms with Crippen molar-refractivity contribution in [1.29, 1.82) is 0 Å². The van der Waals surface area contributed by atoms with Crippen LogP contribution in [0.15, 0.2) is 29.5 Å². The number of aliphatic imine (C=N–C) groups is 1. The molecular formula is C14H12N4S. The molecular weight excluding hydrogens is 256 g/mol. The molecule has 0 radical (unpaired) electrons. The number of benzene rings is 1. The van der Waals surface area contributed by atoms with Crippen LogP contribution in [0.4, 0.5) is 0 Å². The Hall–Kier alpha value is -2.01. The third-order valence-corrected chi connectivity index (χ3v) is 4.42. The van der Waals surface area contributed by atoms with Gasteiger partial charge < -0.3 is 4.98 Å². The first-order valence-corrected chi connectivity index (χ1v) is 7.08. The SMILES string of the molecule is Cc1cccc2sc(C3=NCCc4[nH]cnc43)nc12. The zero-order valence-corrected chi connectivity index (χ0v) is 11.3. The van der Waals surface area contributed by atoms with E-state index in [9.17, 15) is 0 Å². The maximum absolute atomic E-state index is 4.75. The minimum atomic E-state index is 0.805. The highest BCUT2D eigenvalue weighted by Gasteiger charge is 2.21. The molecule has 1 N–H and O–H groups in total. The average Bonchev–Trinajstić information content (AvgIpc) is 3.05. The summed E-state index contributed by atoms with van der Waals surface area (Å²) in [6, 6.07) is 6.27. The van der Waals surface area contributed by atoms with Gasteiger partial charge in [0.1, 0.15) is 16.4 Å². The molecule has 94 valence electrons. The lowest BCUT2D eigenvalue weighted by atomic mass is 10.1. The second kappa shape index (κ2) is 3.99. The van der Waals surface area contributed by atoms with Crippen molar-refractivity contribution in [2.24, 2.45) is 4.99 Å². The van der Waals surface area contributed by atoms with E-state index in [2.05, 4.69) is 40.1 Å². The number of thiazole rings is 1. The predicted molar refractivity (Wildman–Crippen MR) is 77.2 cm³/mol. The van der Waals surface area contributed by atoms with Gasteiger partial charge >= 0.3 is 0 Å². The van der Waals surface area contributed by atoms with Gasteiger partial charge in [0.25, 0.3) is 0 Å². The molecule has 1 aliphatic rings. The molecule has 0 unspecified atom stereocenters. The maximum Gasteiger partial charge on any atom is 0.144 e. The number of rotatable bonds is 1. The van der Waals surface area contributed by atoms with Gasteiger partial charge in [0.05, 0.1) is 16.5 Å². The second-order valence-electron chi connectivity index (χ2n) is 4.65. The van der Waals surface area contributed by atoms with Crippen LogP contribution in [0.25, 0.3) is 10.2 Å². The molecule has 4 rings (SSSR count). The summed E-state index contributed by atoms with van der Waals surface area (Å²) >= 11 is 1.69. The first-order valence-electron chi connectivity index (χ1n) is 6.26. The van der Waals surface area contributed by atoms with E-state index in [0.29, 0.717) is 0 Å². The van der Waals surface area contributed by atoms with E-state index >= 15 is 0 Å². The highest BCUT2D eigenvalue weighted by molar-refractivity contribution is 7.20. The van der Waals surface area contributed by atoms with Crippen LogP contribution in [-0.2, 0) is 6.42 Å². The van der Waals surface area contributed by atoms with E-state index in [1.165, 1.54) is 16.0 Å². The number of aromatic amines is 1. The lowest BCUT2D eigenvalue weighted by Crippen LogP contribution is -2.13. The van der Waals surface area contributed by atoms with Crippen LogP contribution >= 0.6 is 11.3 Å². The van der Waals surface area contributed by atoms with Crippen molar-refractivity contribution in [1.82, 2.24) is 15.0 Å². The van der Waals surface area contributed by atoms with Gasteiger partial charge in [0.15, 0.2) is 0 Å². The molecule has 0 amide bonds. The van der Waals surface area contributed by atoms with Gasteiger partial charge in [-0.25, -0.2) is 9.97 Å². The van der Waals surface area contributed by atoms with Crippen LogP contribution in [0.2, 0.25) is 0 Å². The quantitative estimate of drug-likeness (QED) is 0.737. The van der Waals surface area contributed by atoms with Crippen LogP contribution in [-0.4, -0.2) is 27.2 Å². The number of para-hydroxylation sites is 1. The zero-order chi connectivity index (χ0) is 12.8. The molecule has 5 heteroatoms. The average molecular weight is 268 g/mol. The topological polar surface area (TPSA) is 53.9 Å². The van der Waals surface area contributed by atoms with Crippen LogP contribution < -0.4 is 0 Å². The predicted octanol–water partition coefficient (Wildman–Crippen LogP) is 2.72. The number of aromatic nitrogens is 3. The van der Waals surface area contributed by atoms with Crippen molar-refractivity contribution < 1.29 is 0 Å². The molecule has 3 heterocycles. The summed E-state index contributed by atoms with van der Waals surface area (Å²) in [4.78, 5) is 16.9. The normalized spacial score (nSPS) is 14.5. The van der Waals surface area contributed by atoms with E-state index in [1.54, 1.807) is 17.7 Å². The fourth-order valence-electron chi connectivity index (χ4n) is 2.43. The molecule has 4 nitrogen and oxygen atoms in total. The van der Waals surface area contributed by atoms with Gasteiger partial charge in [-0.3, -0.25) is 4.99 Å². The van der Waals surface area contributed by atoms with Crippen molar-refractivity contribution in [2.45, 2.75) is 13.3 Å². The Kier molecular flexibility index (Phi) is 2.29. The van der Waals surface area contributed by atoms with Gasteiger partial charge in [0, 0.05) is 18.7 Å². The number of imidazole rings is 1. The molecule has 0 atom stereocenters. The zero-order valence-electron chi connectivity index (χ0n) is 10.5. The van der Waals surface area contributed by atoms with Crippen LogP contribution in [0, 0.1) is 6.92 Å². The Balaban J connectivity index is 1.92. The molecule has 0 fully saturated rings. The smallest absolute Gasteiger partial charge is 0.144 e. The van der Waals surface area contributed by atoms with Gasteiger partial charge in [-0.15, -0.1) is 11.3 Å². The fourth-order valence-corrected chi connectivity index (χ4v) is 3.48. The number of nitrogens with zero attached hydrogens (tertiary/aromatic N) is 3. The summed E-state index contributed by atoms with van der Waals surface area (Å²) < 4.78 is 1.21. The number of hydrogen-bond donors (Lipinski definition) is 1. The molecule has 1 aromatic carbocycles. The highest BCUT2D eigenvalue weighted by Crippen LogP contribution is 2.27. The molecule has 0 saturated heterocycles. The number of aryl methyl sites for hydroxylation is 1. The second-order valence-corrected chi connectivity index (χ2v) is 5.68. The Morgan fingerprint density at radius 1 is 1.32 bits per heavy atom. The monoisotopic (exact) mass is 268 g/mol. The minimum absolute atomic E-state index is 0.805. The lowest BCUT2D eigenvalue weighted by Gasteiger charge is -2.08.